The number of rotatable bonds is 0. The Labute approximate surface area is 128 Å². The van der Waals surface area contributed by atoms with E-state index in [4.69, 9.17) is 4.74 Å². The van der Waals surface area contributed by atoms with Gasteiger partial charge in [-0.05, 0) is 24.3 Å². The van der Waals surface area contributed by atoms with Crippen molar-refractivity contribution in [3.05, 3.63) is 48.5 Å². The van der Waals surface area contributed by atoms with Gasteiger partial charge in [0, 0.05) is 0 Å². The molecule has 1 nitrogen and oxygen atoms in total. The molecule has 1 aliphatic rings. The largest absolute Gasteiger partial charge is 0.455 e. The summed E-state index contributed by atoms with van der Waals surface area (Å²) in [5.41, 5.74) is 0. The molecule has 0 N–H and O–H groups in total. The van der Waals surface area contributed by atoms with Gasteiger partial charge in [0.15, 0.2) is 0 Å². The summed E-state index contributed by atoms with van der Waals surface area (Å²) in [4.78, 5) is 2.37. The molecule has 20 heavy (non-hydrogen) atoms. The van der Waals surface area contributed by atoms with Crippen LogP contribution in [0.4, 0.5) is 0 Å². The van der Waals surface area contributed by atoms with Crippen LogP contribution in [0.2, 0.25) is 0 Å². The Bertz CT molecular complexity index is 393. The van der Waals surface area contributed by atoms with Crippen molar-refractivity contribution in [2.45, 2.75) is 51.3 Å². The number of para-hydroxylation sites is 2. The molecule has 0 spiro atoms. The van der Waals surface area contributed by atoms with Gasteiger partial charge < -0.3 is 4.74 Å². The molecule has 0 amide bonds. The first kappa shape index (κ1) is 18.6. The maximum absolute atomic E-state index is 5.76. The Morgan fingerprint density at radius 1 is 0.600 bits per heavy atom. The molecular weight excluding hydrogens is 264 g/mol. The minimum atomic E-state index is 0.955. The summed E-state index contributed by atoms with van der Waals surface area (Å²) in [6, 6.07) is 16.2. The van der Waals surface area contributed by atoms with Gasteiger partial charge >= 0.3 is 0 Å². The van der Waals surface area contributed by atoms with E-state index >= 15 is 0 Å². The average Bonchev–Trinajstić information content (AvgIpc) is 2.58. The highest BCUT2D eigenvalue weighted by Gasteiger charge is 2.15. The number of ether oxygens (including phenoxy) is 1. The fourth-order valence-corrected chi connectivity index (χ4v) is 2.43. The summed E-state index contributed by atoms with van der Waals surface area (Å²) in [7, 11) is 0. The van der Waals surface area contributed by atoms with Crippen LogP contribution in [0, 0.1) is 0 Å². The quantitative estimate of drug-likeness (QED) is 0.440. The van der Waals surface area contributed by atoms with Gasteiger partial charge in [0.05, 0.1) is 9.79 Å². The molecule has 1 heterocycles. The predicted molar refractivity (Wildman–Crippen MR) is 91.1 cm³/mol. The van der Waals surface area contributed by atoms with Crippen molar-refractivity contribution in [2.24, 2.45) is 0 Å². The minimum absolute atomic E-state index is 0.955. The molecule has 0 aliphatic carbocycles. The number of hydrogen-bond donors (Lipinski definition) is 0. The van der Waals surface area contributed by atoms with Crippen LogP contribution < -0.4 is 4.74 Å². The van der Waals surface area contributed by atoms with Crippen LogP contribution in [-0.4, -0.2) is 0 Å². The van der Waals surface area contributed by atoms with Crippen molar-refractivity contribution in [1.29, 1.82) is 0 Å². The van der Waals surface area contributed by atoms with E-state index in [1.54, 1.807) is 11.8 Å². The molecule has 2 heteroatoms. The van der Waals surface area contributed by atoms with Crippen LogP contribution in [0.3, 0.4) is 0 Å². The lowest BCUT2D eigenvalue weighted by molar-refractivity contribution is 0.454. The second-order valence-electron chi connectivity index (χ2n) is 3.10. The first-order valence-corrected chi connectivity index (χ1v) is 8.29. The molecule has 0 atom stereocenters. The van der Waals surface area contributed by atoms with E-state index < -0.39 is 0 Å². The molecule has 0 radical (unpaired) electrons. The van der Waals surface area contributed by atoms with Gasteiger partial charge in [0.25, 0.3) is 0 Å². The lowest BCUT2D eigenvalue weighted by Gasteiger charge is -2.18. The Kier molecular flexibility index (Phi) is 10.6. The Balaban J connectivity index is 0.000000538. The smallest absolute Gasteiger partial charge is 0.141 e. The summed E-state index contributed by atoms with van der Waals surface area (Å²) in [5.74, 6) is 1.91. The SMILES string of the molecule is CC.CC.CC.c1ccc2c(c1)Oc1ccccc1S2. The van der Waals surface area contributed by atoms with Gasteiger partial charge in [-0.15, -0.1) is 0 Å². The first-order chi connectivity index (χ1) is 9.93. The monoisotopic (exact) mass is 290 g/mol. The van der Waals surface area contributed by atoms with Crippen molar-refractivity contribution >= 4 is 11.8 Å². The summed E-state index contributed by atoms with van der Waals surface area (Å²) in [5, 5.41) is 0. The predicted octanol–water partition coefficient (Wildman–Crippen LogP) is 7.02. The Morgan fingerprint density at radius 3 is 1.35 bits per heavy atom. The third kappa shape index (κ3) is 4.93. The van der Waals surface area contributed by atoms with Crippen LogP contribution >= 0.6 is 11.8 Å². The van der Waals surface area contributed by atoms with Gasteiger partial charge in [-0.2, -0.15) is 0 Å². The zero-order chi connectivity index (χ0) is 15.4. The molecule has 2 aromatic rings. The van der Waals surface area contributed by atoms with E-state index in [0.717, 1.165) is 11.5 Å². The van der Waals surface area contributed by atoms with E-state index in [9.17, 15) is 0 Å². The molecule has 110 valence electrons. The second-order valence-corrected chi connectivity index (χ2v) is 4.18. The molecule has 0 aromatic heterocycles. The maximum atomic E-state index is 5.76. The summed E-state index contributed by atoms with van der Waals surface area (Å²) >= 11 is 1.76. The first-order valence-electron chi connectivity index (χ1n) is 7.47. The fourth-order valence-electron chi connectivity index (χ4n) is 1.47. The highest BCUT2D eigenvalue weighted by Crippen LogP contribution is 2.46. The molecule has 1 aliphatic heterocycles. The summed E-state index contributed by atoms with van der Waals surface area (Å²) in [6.45, 7) is 12.0. The molecule has 0 saturated heterocycles. The molecule has 2 aromatic carbocycles. The number of fused-ring (bicyclic) bond motifs is 2. The van der Waals surface area contributed by atoms with Gasteiger partial charge in [-0.1, -0.05) is 77.6 Å². The van der Waals surface area contributed by atoms with Crippen molar-refractivity contribution in [2.75, 3.05) is 0 Å². The zero-order valence-electron chi connectivity index (χ0n) is 13.4. The van der Waals surface area contributed by atoms with E-state index in [0.29, 0.717) is 0 Å². The Morgan fingerprint density at radius 2 is 0.950 bits per heavy atom. The lowest BCUT2D eigenvalue weighted by atomic mass is 10.3. The topological polar surface area (TPSA) is 9.23 Å². The van der Waals surface area contributed by atoms with Gasteiger partial charge in [0.1, 0.15) is 11.5 Å². The summed E-state index contributed by atoms with van der Waals surface area (Å²) in [6.07, 6.45) is 0. The van der Waals surface area contributed by atoms with Crippen molar-refractivity contribution in [3.8, 4) is 11.5 Å². The van der Waals surface area contributed by atoms with Crippen molar-refractivity contribution in [1.82, 2.24) is 0 Å². The van der Waals surface area contributed by atoms with Gasteiger partial charge in [-0.25, -0.2) is 0 Å². The standard InChI is InChI=1S/C12H8OS.3C2H6/c1-3-7-11-9(5-1)13-10-6-2-4-8-12(10)14-11;3*1-2/h1-8H;3*1-2H3. The number of hydrogen-bond acceptors (Lipinski definition) is 2. The van der Waals surface area contributed by atoms with E-state index in [1.807, 2.05) is 77.9 Å². The van der Waals surface area contributed by atoms with Crippen LogP contribution in [0.15, 0.2) is 58.3 Å². The van der Waals surface area contributed by atoms with E-state index in [-0.39, 0.29) is 0 Å². The molecular formula is C18H26OS. The zero-order valence-corrected chi connectivity index (χ0v) is 14.3. The van der Waals surface area contributed by atoms with Crippen molar-refractivity contribution in [3.63, 3.8) is 0 Å². The third-order valence-electron chi connectivity index (χ3n) is 2.14. The third-order valence-corrected chi connectivity index (χ3v) is 3.25. The second kappa shape index (κ2) is 11.4. The van der Waals surface area contributed by atoms with Gasteiger partial charge in [0.2, 0.25) is 0 Å². The highest BCUT2D eigenvalue weighted by atomic mass is 32.2. The maximum Gasteiger partial charge on any atom is 0.141 e. The normalized spacial score (nSPS) is 9.70. The highest BCUT2D eigenvalue weighted by molar-refractivity contribution is 7.99. The molecule has 0 fully saturated rings. The molecule has 0 saturated carbocycles. The van der Waals surface area contributed by atoms with E-state index in [1.165, 1.54) is 9.79 Å². The van der Waals surface area contributed by atoms with E-state index in [2.05, 4.69) is 12.1 Å². The number of benzene rings is 2. The van der Waals surface area contributed by atoms with Crippen LogP contribution in [0.5, 0.6) is 11.5 Å². The van der Waals surface area contributed by atoms with Crippen LogP contribution in [0.1, 0.15) is 41.5 Å². The van der Waals surface area contributed by atoms with Gasteiger partial charge in [-0.3, -0.25) is 0 Å². The molecule has 0 bridgehead atoms. The summed E-state index contributed by atoms with van der Waals surface area (Å²) < 4.78 is 5.76. The van der Waals surface area contributed by atoms with Crippen LogP contribution in [0.25, 0.3) is 0 Å². The Hall–Kier alpha value is -1.41. The minimum Gasteiger partial charge on any atom is -0.455 e. The van der Waals surface area contributed by atoms with Crippen molar-refractivity contribution < 1.29 is 4.74 Å². The van der Waals surface area contributed by atoms with Crippen LogP contribution in [-0.2, 0) is 0 Å². The average molecular weight is 290 g/mol. The molecule has 0 unspecified atom stereocenters. The molecule has 3 rings (SSSR count). The fraction of sp³-hybridized carbons (Fsp3) is 0.333. The lowest BCUT2D eigenvalue weighted by Crippen LogP contribution is -1.93.